The number of halogens is 2. The van der Waals surface area contributed by atoms with Crippen LogP contribution in [-0.2, 0) is 0 Å². The highest BCUT2D eigenvalue weighted by atomic mass is 35.5. The van der Waals surface area contributed by atoms with Gasteiger partial charge in [0.15, 0.2) is 11.6 Å². The lowest BCUT2D eigenvalue weighted by atomic mass is 10.6. The molecule has 0 saturated carbocycles. The summed E-state index contributed by atoms with van der Waals surface area (Å²) in [5, 5.41) is 5.52. The van der Waals surface area contributed by atoms with Gasteiger partial charge in [-0.15, -0.1) is 12.4 Å². The summed E-state index contributed by atoms with van der Waals surface area (Å²) in [6.45, 7) is 0. The Morgan fingerprint density at radius 2 is 2.38 bits per heavy atom. The quantitative estimate of drug-likeness (QED) is 0.549. The molecule has 1 heterocycles. The summed E-state index contributed by atoms with van der Waals surface area (Å²) >= 11 is 0. The minimum atomic E-state index is -0.500. The number of hydrogen-bond donors (Lipinski definition) is 2. The van der Waals surface area contributed by atoms with Crippen molar-refractivity contribution in [2.45, 2.75) is 0 Å². The first-order chi connectivity index (χ1) is 3.30. The molecule has 0 amide bonds. The number of nitrogens with zero attached hydrogens (tertiary/aromatic N) is 1. The zero-order valence-corrected chi connectivity index (χ0v) is 4.70. The predicted octanol–water partition coefficient (Wildman–Crippen LogP) is 0.553. The van der Waals surface area contributed by atoms with Crippen LogP contribution in [-0.4, -0.2) is 10.2 Å². The summed E-state index contributed by atoms with van der Waals surface area (Å²) in [4.78, 5) is 0. The third kappa shape index (κ3) is 1.10. The molecular formula is C3H5ClFN3. The lowest BCUT2D eigenvalue weighted by Crippen LogP contribution is -1.85. The molecule has 1 aromatic rings. The number of aromatic nitrogens is 2. The summed E-state index contributed by atoms with van der Waals surface area (Å²) < 4.78 is 11.9. The zero-order chi connectivity index (χ0) is 5.28. The number of nitrogens with two attached hydrogens (primary N) is 1. The first-order valence-corrected chi connectivity index (χ1v) is 1.75. The number of H-pyrrole nitrogens is 1. The normalized spacial score (nSPS) is 8.12. The molecule has 1 rings (SSSR count). The Hall–Kier alpha value is -0.770. The molecule has 5 heteroatoms. The Morgan fingerprint density at radius 3 is 2.50 bits per heavy atom. The van der Waals surface area contributed by atoms with Gasteiger partial charge in [-0.2, -0.15) is 5.10 Å². The standard InChI is InChI=1S/C3H4FN3.ClH/c4-2-1-6-7-3(2)5;/h1H,(H3,5,6,7);1H. The van der Waals surface area contributed by atoms with E-state index in [9.17, 15) is 4.39 Å². The average molecular weight is 138 g/mol. The van der Waals surface area contributed by atoms with Crippen LogP contribution in [0.15, 0.2) is 6.20 Å². The van der Waals surface area contributed by atoms with Crippen molar-refractivity contribution in [2.75, 3.05) is 5.73 Å². The largest absolute Gasteiger partial charge is 0.382 e. The van der Waals surface area contributed by atoms with E-state index in [-0.39, 0.29) is 18.2 Å². The minimum absolute atomic E-state index is 0. The van der Waals surface area contributed by atoms with Crippen molar-refractivity contribution in [2.24, 2.45) is 0 Å². The molecule has 0 atom stereocenters. The van der Waals surface area contributed by atoms with E-state index >= 15 is 0 Å². The van der Waals surface area contributed by atoms with Crippen molar-refractivity contribution in [1.82, 2.24) is 10.2 Å². The molecule has 8 heavy (non-hydrogen) atoms. The maximum Gasteiger partial charge on any atom is 0.184 e. The van der Waals surface area contributed by atoms with Crippen molar-refractivity contribution in [3.63, 3.8) is 0 Å². The first-order valence-electron chi connectivity index (χ1n) is 1.75. The van der Waals surface area contributed by atoms with Crippen LogP contribution in [0.1, 0.15) is 0 Å². The number of rotatable bonds is 0. The van der Waals surface area contributed by atoms with Gasteiger partial charge in [0.1, 0.15) is 0 Å². The molecule has 0 spiro atoms. The molecule has 0 radical (unpaired) electrons. The van der Waals surface area contributed by atoms with Gasteiger partial charge in [-0.25, -0.2) is 4.39 Å². The van der Waals surface area contributed by atoms with Gasteiger partial charge >= 0.3 is 0 Å². The summed E-state index contributed by atoms with van der Waals surface area (Å²) in [5.74, 6) is -0.514. The molecule has 0 aliphatic rings. The van der Waals surface area contributed by atoms with Gasteiger partial charge in [-0.05, 0) is 0 Å². The third-order valence-electron chi connectivity index (χ3n) is 0.620. The molecule has 0 aliphatic carbocycles. The summed E-state index contributed by atoms with van der Waals surface area (Å²) in [6, 6.07) is 0. The van der Waals surface area contributed by atoms with Crippen LogP contribution in [0.2, 0.25) is 0 Å². The topological polar surface area (TPSA) is 54.7 Å². The fourth-order valence-corrected chi connectivity index (χ4v) is 0.281. The Balaban J connectivity index is 0.000000490. The van der Waals surface area contributed by atoms with Crippen LogP contribution < -0.4 is 5.73 Å². The van der Waals surface area contributed by atoms with Crippen LogP contribution in [0.25, 0.3) is 0 Å². The van der Waals surface area contributed by atoms with Crippen LogP contribution in [0.3, 0.4) is 0 Å². The van der Waals surface area contributed by atoms with Crippen molar-refractivity contribution >= 4 is 18.2 Å². The number of aromatic amines is 1. The van der Waals surface area contributed by atoms with Crippen LogP contribution in [0.4, 0.5) is 10.2 Å². The van der Waals surface area contributed by atoms with Crippen molar-refractivity contribution in [1.29, 1.82) is 0 Å². The van der Waals surface area contributed by atoms with E-state index in [1.54, 1.807) is 0 Å². The second-order valence-electron chi connectivity index (χ2n) is 1.13. The maximum atomic E-state index is 11.9. The zero-order valence-electron chi connectivity index (χ0n) is 3.89. The van der Waals surface area contributed by atoms with E-state index in [1.807, 2.05) is 0 Å². The Labute approximate surface area is 51.5 Å². The molecule has 0 aromatic carbocycles. The van der Waals surface area contributed by atoms with Crippen molar-refractivity contribution in [3.05, 3.63) is 12.0 Å². The predicted molar refractivity (Wildman–Crippen MR) is 30.2 cm³/mol. The SMILES string of the molecule is Cl.Nc1[nH]ncc1F. The third-order valence-corrected chi connectivity index (χ3v) is 0.620. The lowest BCUT2D eigenvalue weighted by molar-refractivity contribution is 0.633. The van der Waals surface area contributed by atoms with E-state index in [2.05, 4.69) is 10.2 Å². The number of nitrogen functional groups attached to an aromatic ring is 1. The monoisotopic (exact) mass is 137 g/mol. The molecule has 46 valence electrons. The van der Waals surface area contributed by atoms with Gasteiger partial charge in [0.25, 0.3) is 0 Å². The molecule has 0 unspecified atom stereocenters. The van der Waals surface area contributed by atoms with Gasteiger partial charge in [0, 0.05) is 0 Å². The van der Waals surface area contributed by atoms with Crippen LogP contribution in [0, 0.1) is 5.82 Å². The van der Waals surface area contributed by atoms with Gasteiger partial charge in [-0.3, -0.25) is 5.10 Å². The highest BCUT2D eigenvalue weighted by Gasteiger charge is 1.93. The Morgan fingerprint density at radius 1 is 1.75 bits per heavy atom. The Kier molecular flexibility index (Phi) is 2.27. The van der Waals surface area contributed by atoms with Crippen LogP contribution >= 0.6 is 12.4 Å². The average Bonchev–Trinajstić information content (AvgIpc) is 1.91. The fourth-order valence-electron chi connectivity index (χ4n) is 0.281. The number of anilines is 1. The summed E-state index contributed by atoms with van der Waals surface area (Å²) in [6.07, 6.45) is 1.02. The molecule has 0 saturated heterocycles. The molecule has 0 bridgehead atoms. The molecule has 1 aromatic heterocycles. The number of hydrogen-bond acceptors (Lipinski definition) is 2. The lowest BCUT2D eigenvalue weighted by Gasteiger charge is -1.76. The highest BCUT2D eigenvalue weighted by Crippen LogP contribution is 1.99. The van der Waals surface area contributed by atoms with E-state index in [1.165, 1.54) is 0 Å². The van der Waals surface area contributed by atoms with Gasteiger partial charge in [0.2, 0.25) is 0 Å². The molecule has 0 fully saturated rings. The first kappa shape index (κ1) is 7.23. The summed E-state index contributed by atoms with van der Waals surface area (Å²) in [7, 11) is 0. The molecular weight excluding hydrogens is 133 g/mol. The Bertz CT molecular complexity index is 147. The molecule has 0 aliphatic heterocycles. The van der Waals surface area contributed by atoms with Crippen molar-refractivity contribution in [3.8, 4) is 0 Å². The minimum Gasteiger partial charge on any atom is -0.382 e. The summed E-state index contributed by atoms with van der Waals surface area (Å²) in [5.41, 5.74) is 4.95. The van der Waals surface area contributed by atoms with Crippen LogP contribution in [0.5, 0.6) is 0 Å². The smallest absolute Gasteiger partial charge is 0.184 e. The second-order valence-corrected chi connectivity index (χ2v) is 1.13. The van der Waals surface area contributed by atoms with Gasteiger partial charge in [-0.1, -0.05) is 0 Å². The van der Waals surface area contributed by atoms with E-state index in [4.69, 9.17) is 5.73 Å². The van der Waals surface area contributed by atoms with Gasteiger partial charge < -0.3 is 5.73 Å². The maximum absolute atomic E-state index is 11.9. The number of nitrogens with one attached hydrogen (secondary N) is 1. The fraction of sp³-hybridized carbons (Fsp3) is 0. The van der Waals surface area contributed by atoms with E-state index in [0.717, 1.165) is 6.20 Å². The molecule has 3 N–H and O–H groups in total. The molecule has 3 nitrogen and oxygen atoms in total. The van der Waals surface area contributed by atoms with Gasteiger partial charge in [0.05, 0.1) is 6.20 Å². The second kappa shape index (κ2) is 2.52. The van der Waals surface area contributed by atoms with E-state index in [0.29, 0.717) is 0 Å². The highest BCUT2D eigenvalue weighted by molar-refractivity contribution is 5.85. The van der Waals surface area contributed by atoms with Crippen molar-refractivity contribution < 1.29 is 4.39 Å². The van der Waals surface area contributed by atoms with E-state index < -0.39 is 5.82 Å².